The van der Waals surface area contributed by atoms with Gasteiger partial charge in [0.2, 0.25) is 0 Å². The van der Waals surface area contributed by atoms with Gasteiger partial charge in [0, 0.05) is 6.54 Å². The second kappa shape index (κ2) is 6.96. The first-order valence-electron chi connectivity index (χ1n) is 6.37. The average molecular weight is 272 g/mol. The van der Waals surface area contributed by atoms with Gasteiger partial charge in [-0.3, -0.25) is 4.79 Å². The van der Waals surface area contributed by atoms with Crippen LogP contribution in [-0.4, -0.2) is 53.7 Å². The minimum absolute atomic E-state index is 0.236. The van der Waals surface area contributed by atoms with Crippen LogP contribution in [0.3, 0.4) is 0 Å². The van der Waals surface area contributed by atoms with Crippen LogP contribution < -0.4 is 5.32 Å². The molecule has 19 heavy (non-hydrogen) atoms. The predicted molar refractivity (Wildman–Crippen MR) is 66.6 cm³/mol. The van der Waals surface area contributed by atoms with E-state index < -0.39 is 24.0 Å². The minimum atomic E-state index is -1.07. The predicted octanol–water partition coefficient (Wildman–Crippen LogP) is 0.444. The molecule has 1 rings (SSSR count). The molecule has 2 amide bonds. The maximum Gasteiger partial charge on any atom is 0.328 e. The Morgan fingerprint density at radius 2 is 2.05 bits per heavy atom. The molecule has 0 heterocycles. The van der Waals surface area contributed by atoms with E-state index in [9.17, 15) is 14.4 Å². The largest absolute Gasteiger partial charge is 0.480 e. The number of urea groups is 1. The topological polar surface area (TPSA) is 95.9 Å². The Morgan fingerprint density at radius 1 is 1.42 bits per heavy atom. The highest BCUT2D eigenvalue weighted by atomic mass is 16.5. The van der Waals surface area contributed by atoms with Crippen molar-refractivity contribution in [1.29, 1.82) is 0 Å². The monoisotopic (exact) mass is 272 g/mol. The summed E-state index contributed by atoms with van der Waals surface area (Å²) in [7, 11) is 0. The highest BCUT2D eigenvalue weighted by Crippen LogP contribution is 2.29. The first-order chi connectivity index (χ1) is 8.93. The van der Waals surface area contributed by atoms with E-state index in [1.807, 2.05) is 0 Å². The van der Waals surface area contributed by atoms with Gasteiger partial charge in [-0.1, -0.05) is 0 Å². The van der Waals surface area contributed by atoms with Gasteiger partial charge in [-0.25, -0.2) is 9.59 Å². The third-order valence-corrected chi connectivity index (χ3v) is 2.77. The van der Waals surface area contributed by atoms with Crippen LogP contribution in [-0.2, 0) is 14.3 Å². The number of rotatable bonds is 7. The first-order valence-corrected chi connectivity index (χ1v) is 6.37. The Balaban J connectivity index is 2.49. The number of carboxylic acid groups (broad SMARTS) is 1. The van der Waals surface area contributed by atoms with Gasteiger partial charge in [0.1, 0.15) is 12.6 Å². The van der Waals surface area contributed by atoms with Crippen LogP contribution in [0.2, 0.25) is 0 Å². The van der Waals surface area contributed by atoms with Crippen molar-refractivity contribution < 1.29 is 24.2 Å². The highest BCUT2D eigenvalue weighted by molar-refractivity contribution is 5.85. The summed E-state index contributed by atoms with van der Waals surface area (Å²) in [6.07, 6.45) is 2.02. The number of hydrogen-bond acceptors (Lipinski definition) is 4. The molecule has 0 bridgehead atoms. The molecule has 0 aromatic carbocycles. The normalized spacial score (nSPS) is 15.5. The molecule has 0 radical (unpaired) electrons. The smallest absolute Gasteiger partial charge is 0.328 e. The van der Waals surface area contributed by atoms with E-state index in [4.69, 9.17) is 9.84 Å². The van der Waals surface area contributed by atoms with Crippen LogP contribution in [0, 0.1) is 5.92 Å². The SMILES string of the molecule is CCOC(=O)C(C)NC(=O)N(CC(=O)O)CC1CC1. The molecule has 108 valence electrons. The molecule has 0 aromatic rings. The summed E-state index contributed by atoms with van der Waals surface area (Å²) in [4.78, 5) is 35.2. The summed E-state index contributed by atoms with van der Waals surface area (Å²) < 4.78 is 4.77. The Hall–Kier alpha value is -1.79. The summed E-state index contributed by atoms with van der Waals surface area (Å²) in [5.41, 5.74) is 0. The molecule has 0 spiro atoms. The molecule has 1 fully saturated rings. The van der Waals surface area contributed by atoms with Crippen LogP contribution in [0.15, 0.2) is 0 Å². The number of carbonyl (C=O) groups excluding carboxylic acids is 2. The van der Waals surface area contributed by atoms with Crippen LogP contribution in [0.1, 0.15) is 26.7 Å². The summed E-state index contributed by atoms with van der Waals surface area (Å²) in [6, 6.07) is -1.34. The number of carboxylic acids is 1. The number of aliphatic carboxylic acids is 1. The maximum atomic E-state index is 11.9. The molecule has 2 N–H and O–H groups in total. The summed E-state index contributed by atoms with van der Waals surface area (Å²) in [5.74, 6) is -1.22. The van der Waals surface area contributed by atoms with Crippen LogP contribution in [0.4, 0.5) is 4.79 Å². The number of carbonyl (C=O) groups is 3. The van der Waals surface area contributed by atoms with Gasteiger partial charge in [-0.15, -0.1) is 0 Å². The lowest BCUT2D eigenvalue weighted by Crippen LogP contribution is -2.49. The standard InChI is InChI=1S/C12H20N2O5/c1-3-19-11(17)8(2)13-12(18)14(7-10(15)16)6-9-4-5-9/h8-9H,3-7H2,1-2H3,(H,13,18)(H,15,16). The van der Waals surface area contributed by atoms with Crippen molar-refractivity contribution in [2.24, 2.45) is 5.92 Å². The van der Waals surface area contributed by atoms with E-state index in [0.29, 0.717) is 12.5 Å². The number of ether oxygens (including phenoxy) is 1. The molecule has 0 saturated heterocycles. The van der Waals surface area contributed by atoms with Gasteiger partial charge in [-0.2, -0.15) is 0 Å². The maximum absolute atomic E-state index is 11.9. The van der Waals surface area contributed by atoms with Crippen molar-refractivity contribution in [3.05, 3.63) is 0 Å². The molecule has 0 aromatic heterocycles. The molecule has 1 unspecified atom stereocenters. The lowest BCUT2D eigenvalue weighted by atomic mass is 10.3. The molecule has 1 aliphatic carbocycles. The van der Waals surface area contributed by atoms with Crippen molar-refractivity contribution in [3.8, 4) is 0 Å². The van der Waals surface area contributed by atoms with Crippen LogP contribution in [0.25, 0.3) is 0 Å². The van der Waals surface area contributed by atoms with Crippen molar-refractivity contribution in [3.63, 3.8) is 0 Å². The molecule has 1 saturated carbocycles. The second-order valence-corrected chi connectivity index (χ2v) is 4.64. The van der Waals surface area contributed by atoms with E-state index >= 15 is 0 Å². The number of amides is 2. The summed E-state index contributed by atoms with van der Waals surface area (Å²) >= 11 is 0. The molecule has 1 aliphatic rings. The molecule has 0 aliphatic heterocycles. The lowest BCUT2D eigenvalue weighted by Gasteiger charge is -2.23. The zero-order chi connectivity index (χ0) is 14.4. The highest BCUT2D eigenvalue weighted by Gasteiger charge is 2.29. The van der Waals surface area contributed by atoms with Gasteiger partial charge in [-0.05, 0) is 32.6 Å². The Bertz CT molecular complexity index is 354. The van der Waals surface area contributed by atoms with Gasteiger partial charge in [0.25, 0.3) is 0 Å². The average Bonchev–Trinajstić information content (AvgIpc) is 3.11. The minimum Gasteiger partial charge on any atom is -0.480 e. The summed E-state index contributed by atoms with van der Waals surface area (Å²) in [6.45, 7) is 3.47. The zero-order valence-corrected chi connectivity index (χ0v) is 11.2. The van der Waals surface area contributed by atoms with Crippen LogP contribution in [0.5, 0.6) is 0 Å². The zero-order valence-electron chi connectivity index (χ0n) is 11.2. The van der Waals surface area contributed by atoms with Crippen molar-refractivity contribution in [1.82, 2.24) is 10.2 Å². The molecule has 7 nitrogen and oxygen atoms in total. The fourth-order valence-corrected chi connectivity index (χ4v) is 1.60. The lowest BCUT2D eigenvalue weighted by molar-refractivity contribution is -0.144. The van der Waals surface area contributed by atoms with E-state index in [2.05, 4.69) is 5.32 Å². The molecule has 1 atom stereocenters. The van der Waals surface area contributed by atoms with Crippen LogP contribution >= 0.6 is 0 Å². The fourth-order valence-electron chi connectivity index (χ4n) is 1.60. The first kappa shape index (κ1) is 15.3. The second-order valence-electron chi connectivity index (χ2n) is 4.64. The number of esters is 1. The Morgan fingerprint density at radius 3 is 2.53 bits per heavy atom. The van der Waals surface area contributed by atoms with E-state index in [-0.39, 0.29) is 13.2 Å². The molecule has 7 heteroatoms. The van der Waals surface area contributed by atoms with E-state index in [1.165, 1.54) is 11.8 Å². The number of hydrogen-bond donors (Lipinski definition) is 2. The van der Waals surface area contributed by atoms with Gasteiger partial charge < -0.3 is 20.1 Å². The van der Waals surface area contributed by atoms with Crippen molar-refractivity contribution >= 4 is 18.0 Å². The quantitative estimate of drug-likeness (QED) is 0.656. The Kier molecular flexibility index (Phi) is 5.59. The summed E-state index contributed by atoms with van der Waals surface area (Å²) in [5, 5.41) is 11.2. The van der Waals surface area contributed by atoms with Crippen molar-refractivity contribution in [2.75, 3.05) is 19.7 Å². The third kappa shape index (κ3) is 5.58. The number of nitrogens with zero attached hydrogens (tertiary/aromatic N) is 1. The van der Waals surface area contributed by atoms with Gasteiger partial charge in [0.15, 0.2) is 0 Å². The molecular formula is C12H20N2O5. The Labute approximate surface area is 111 Å². The number of nitrogens with one attached hydrogen (secondary N) is 1. The van der Waals surface area contributed by atoms with E-state index in [0.717, 1.165) is 12.8 Å². The van der Waals surface area contributed by atoms with Crippen molar-refractivity contribution in [2.45, 2.75) is 32.7 Å². The van der Waals surface area contributed by atoms with Gasteiger partial charge in [0.05, 0.1) is 6.61 Å². The van der Waals surface area contributed by atoms with E-state index in [1.54, 1.807) is 6.92 Å². The molecular weight excluding hydrogens is 252 g/mol. The fraction of sp³-hybridized carbons (Fsp3) is 0.750. The van der Waals surface area contributed by atoms with Gasteiger partial charge >= 0.3 is 18.0 Å². The third-order valence-electron chi connectivity index (χ3n) is 2.77.